The van der Waals surface area contributed by atoms with Gasteiger partial charge in [-0.15, -0.1) is 0 Å². The lowest BCUT2D eigenvalue weighted by Gasteiger charge is -2.31. The van der Waals surface area contributed by atoms with Gasteiger partial charge in [-0.1, -0.05) is 30.3 Å². The third-order valence-electron chi connectivity index (χ3n) is 6.40. The fourth-order valence-corrected chi connectivity index (χ4v) is 4.79. The van der Waals surface area contributed by atoms with E-state index in [0.29, 0.717) is 0 Å². The Morgan fingerprint density at radius 1 is 1.03 bits per heavy atom. The van der Waals surface area contributed by atoms with Crippen molar-refractivity contribution in [2.45, 2.75) is 57.6 Å². The number of benzene rings is 1. The second-order valence-corrected chi connectivity index (χ2v) is 10.0. The van der Waals surface area contributed by atoms with Gasteiger partial charge in [0.1, 0.15) is 5.60 Å². The number of carbonyl (C=O) groups excluding carboxylic acids is 2. The predicted octanol–water partition coefficient (Wildman–Crippen LogP) is 3.25. The minimum absolute atomic E-state index is 0.0306. The average Bonchev–Trinajstić information content (AvgIpc) is 3.15. The van der Waals surface area contributed by atoms with Crippen LogP contribution in [0, 0.1) is 5.92 Å². The molecule has 1 N–H and O–H groups in total. The lowest BCUT2D eigenvalue weighted by atomic mass is 9.94. The third kappa shape index (κ3) is 7.20. The van der Waals surface area contributed by atoms with Crippen molar-refractivity contribution in [1.29, 1.82) is 0 Å². The highest BCUT2D eigenvalue weighted by atomic mass is 16.6. The monoisotopic (exact) mass is 445 g/mol. The highest BCUT2D eigenvalue weighted by Crippen LogP contribution is 2.28. The number of nitrogens with zero attached hydrogens (tertiary/aromatic N) is 2. The number of amides is 1. The lowest BCUT2D eigenvalue weighted by Crippen LogP contribution is -2.42. The Morgan fingerprint density at radius 3 is 2.31 bits per heavy atom. The Kier molecular flexibility index (Phi) is 8.54. The molecule has 7 nitrogen and oxygen atoms in total. The summed E-state index contributed by atoms with van der Waals surface area (Å²) in [6.45, 7) is 11.3. The number of alkyl carbamates (subject to hydrolysis) is 1. The molecule has 7 heteroatoms. The van der Waals surface area contributed by atoms with Crippen molar-refractivity contribution < 1.29 is 19.1 Å². The minimum atomic E-state index is -0.508. The highest BCUT2D eigenvalue weighted by molar-refractivity contribution is 5.72. The van der Waals surface area contributed by atoms with E-state index in [1.807, 2.05) is 26.8 Å². The van der Waals surface area contributed by atoms with E-state index in [1.165, 1.54) is 12.7 Å². The van der Waals surface area contributed by atoms with Gasteiger partial charge in [0, 0.05) is 19.0 Å². The summed E-state index contributed by atoms with van der Waals surface area (Å²) >= 11 is 0. The van der Waals surface area contributed by atoms with Gasteiger partial charge in [0.15, 0.2) is 0 Å². The van der Waals surface area contributed by atoms with E-state index < -0.39 is 5.60 Å². The molecule has 3 rings (SSSR count). The number of piperidine rings is 1. The van der Waals surface area contributed by atoms with E-state index in [1.54, 1.807) is 0 Å². The molecule has 0 spiro atoms. The number of nitrogens with one attached hydrogen (secondary N) is 1. The average molecular weight is 446 g/mol. The summed E-state index contributed by atoms with van der Waals surface area (Å²) in [5, 5.41) is 3.12. The van der Waals surface area contributed by atoms with Crippen molar-refractivity contribution in [2.24, 2.45) is 5.92 Å². The SMILES string of the molecule is COC(=O)C1CCN(CCCN2C[C@@H](NC(=O)OC(C)(C)C)[C@H](c3ccccc3)C2)CC1. The standard InChI is InChI=1S/C25H39N3O4/c1-25(2,3)32-24(30)26-22-18-28(17-21(22)19-9-6-5-7-10-19)14-8-13-27-15-11-20(12-16-27)23(29)31-4/h5-7,9-10,20-22H,8,11-18H2,1-4H3,(H,26,30)/t21-,22+/m0/s1. The zero-order chi connectivity index (χ0) is 23.1. The van der Waals surface area contributed by atoms with E-state index in [4.69, 9.17) is 9.47 Å². The van der Waals surface area contributed by atoms with Crippen LogP contribution in [-0.4, -0.2) is 79.9 Å². The summed E-state index contributed by atoms with van der Waals surface area (Å²) in [7, 11) is 1.47. The summed E-state index contributed by atoms with van der Waals surface area (Å²) in [6.07, 6.45) is 2.49. The maximum Gasteiger partial charge on any atom is 0.407 e. The summed E-state index contributed by atoms with van der Waals surface area (Å²) in [5.41, 5.74) is 0.743. The number of rotatable bonds is 7. The Bertz CT molecular complexity index is 741. The molecule has 2 aliphatic heterocycles. The summed E-state index contributed by atoms with van der Waals surface area (Å²) in [4.78, 5) is 29.0. The van der Waals surface area contributed by atoms with E-state index in [-0.39, 0.29) is 29.9 Å². The molecule has 178 valence electrons. The zero-order valence-corrected chi connectivity index (χ0v) is 20.0. The van der Waals surface area contributed by atoms with Crippen LogP contribution < -0.4 is 5.32 Å². The zero-order valence-electron chi connectivity index (χ0n) is 20.0. The van der Waals surface area contributed by atoms with Crippen molar-refractivity contribution in [1.82, 2.24) is 15.1 Å². The molecular weight excluding hydrogens is 406 g/mol. The summed E-state index contributed by atoms with van der Waals surface area (Å²) in [5.74, 6) is 0.234. The van der Waals surface area contributed by atoms with Crippen LogP contribution >= 0.6 is 0 Å². The van der Waals surface area contributed by atoms with Gasteiger partial charge in [0.25, 0.3) is 0 Å². The van der Waals surface area contributed by atoms with Crippen molar-refractivity contribution in [3.8, 4) is 0 Å². The Morgan fingerprint density at radius 2 is 1.69 bits per heavy atom. The number of hydrogen-bond acceptors (Lipinski definition) is 6. The van der Waals surface area contributed by atoms with E-state index >= 15 is 0 Å². The first-order valence-electron chi connectivity index (χ1n) is 11.8. The van der Waals surface area contributed by atoms with Crippen LogP contribution in [0.1, 0.15) is 51.5 Å². The molecular formula is C25H39N3O4. The van der Waals surface area contributed by atoms with Gasteiger partial charge < -0.3 is 24.6 Å². The van der Waals surface area contributed by atoms with Crippen molar-refractivity contribution in [3.05, 3.63) is 35.9 Å². The number of esters is 1. The molecule has 2 aliphatic rings. The van der Waals surface area contributed by atoms with Crippen LogP contribution in [0.15, 0.2) is 30.3 Å². The van der Waals surface area contributed by atoms with Crippen LogP contribution in [0.3, 0.4) is 0 Å². The van der Waals surface area contributed by atoms with Crippen molar-refractivity contribution >= 4 is 12.1 Å². The number of ether oxygens (including phenoxy) is 2. The molecule has 0 aliphatic carbocycles. The predicted molar refractivity (Wildman–Crippen MR) is 125 cm³/mol. The van der Waals surface area contributed by atoms with Crippen molar-refractivity contribution in [2.75, 3.05) is 46.4 Å². The molecule has 0 unspecified atom stereocenters. The molecule has 0 aromatic heterocycles. The van der Waals surface area contributed by atoms with Gasteiger partial charge >= 0.3 is 12.1 Å². The highest BCUT2D eigenvalue weighted by Gasteiger charge is 2.35. The van der Waals surface area contributed by atoms with Gasteiger partial charge in [-0.2, -0.15) is 0 Å². The molecule has 2 fully saturated rings. The fourth-order valence-electron chi connectivity index (χ4n) is 4.79. The van der Waals surface area contributed by atoms with E-state index in [0.717, 1.165) is 58.5 Å². The first-order valence-corrected chi connectivity index (χ1v) is 11.8. The number of hydrogen-bond donors (Lipinski definition) is 1. The Hall–Kier alpha value is -2.12. The normalized spacial score (nSPS) is 23.1. The molecule has 2 heterocycles. The first kappa shape index (κ1) is 24.5. The second-order valence-electron chi connectivity index (χ2n) is 10.0. The molecule has 0 bridgehead atoms. The first-order chi connectivity index (χ1) is 15.2. The van der Waals surface area contributed by atoms with Crippen LogP contribution in [0.25, 0.3) is 0 Å². The van der Waals surface area contributed by atoms with Crippen LogP contribution in [0.5, 0.6) is 0 Å². The maximum atomic E-state index is 12.4. The second kappa shape index (κ2) is 11.1. The molecule has 2 atom stereocenters. The topological polar surface area (TPSA) is 71.1 Å². The number of carbonyl (C=O) groups is 2. The summed E-state index contributed by atoms with van der Waals surface area (Å²) in [6, 6.07) is 10.5. The van der Waals surface area contributed by atoms with Gasteiger partial charge in [-0.05, 0) is 71.8 Å². The van der Waals surface area contributed by atoms with E-state index in [9.17, 15) is 9.59 Å². The fraction of sp³-hybridized carbons (Fsp3) is 0.680. The maximum absolute atomic E-state index is 12.4. The largest absolute Gasteiger partial charge is 0.469 e. The van der Waals surface area contributed by atoms with Gasteiger partial charge in [0.05, 0.1) is 19.1 Å². The third-order valence-corrected chi connectivity index (χ3v) is 6.40. The van der Waals surface area contributed by atoms with Crippen molar-refractivity contribution in [3.63, 3.8) is 0 Å². The quantitative estimate of drug-likeness (QED) is 0.650. The van der Waals surface area contributed by atoms with Crippen LogP contribution in [-0.2, 0) is 14.3 Å². The van der Waals surface area contributed by atoms with Crippen LogP contribution in [0.4, 0.5) is 4.79 Å². The van der Waals surface area contributed by atoms with Crippen LogP contribution in [0.2, 0.25) is 0 Å². The van der Waals surface area contributed by atoms with E-state index in [2.05, 4.69) is 39.4 Å². The molecule has 0 radical (unpaired) electrons. The molecule has 1 aromatic carbocycles. The van der Waals surface area contributed by atoms with Gasteiger partial charge in [0.2, 0.25) is 0 Å². The molecule has 1 amide bonds. The van der Waals surface area contributed by atoms with Gasteiger partial charge in [-0.25, -0.2) is 4.79 Å². The molecule has 2 saturated heterocycles. The molecule has 0 saturated carbocycles. The number of likely N-dealkylation sites (tertiary alicyclic amines) is 2. The van der Waals surface area contributed by atoms with Gasteiger partial charge in [-0.3, -0.25) is 4.79 Å². The minimum Gasteiger partial charge on any atom is -0.469 e. The molecule has 32 heavy (non-hydrogen) atoms. The smallest absolute Gasteiger partial charge is 0.407 e. The Labute approximate surface area is 192 Å². The summed E-state index contributed by atoms with van der Waals surface area (Å²) < 4.78 is 10.4. The lowest BCUT2D eigenvalue weighted by molar-refractivity contribution is -0.147. The number of methoxy groups -OCH3 is 1. The Balaban J connectivity index is 1.49. The molecule has 1 aromatic rings.